The summed E-state index contributed by atoms with van der Waals surface area (Å²) in [6.45, 7) is 3.56. The van der Waals surface area contributed by atoms with E-state index in [2.05, 4.69) is 9.97 Å². The zero-order valence-electron chi connectivity index (χ0n) is 12.0. The minimum atomic E-state index is -0.178. The van der Waals surface area contributed by atoms with E-state index in [1.807, 2.05) is 6.92 Å². The molecule has 0 radical (unpaired) electrons. The molecule has 0 amide bonds. The number of aldehydes is 2. The predicted octanol–water partition coefficient (Wildman–Crippen LogP) is 2.98. The lowest BCUT2D eigenvalue weighted by atomic mass is 10.2. The number of hydrogen-bond acceptors (Lipinski definition) is 5. The predicted molar refractivity (Wildman–Crippen MR) is 91.6 cm³/mol. The van der Waals surface area contributed by atoms with E-state index in [1.54, 1.807) is 20.1 Å². The van der Waals surface area contributed by atoms with Gasteiger partial charge in [0.05, 0.1) is 7.11 Å². The molecule has 6 heteroatoms. The van der Waals surface area contributed by atoms with Crippen LogP contribution in [0.4, 0.5) is 0 Å². The summed E-state index contributed by atoms with van der Waals surface area (Å²) in [7, 11) is 1.54. The fourth-order valence-corrected chi connectivity index (χ4v) is 1.49. The van der Waals surface area contributed by atoms with Gasteiger partial charge in [-0.15, -0.1) is 0 Å². The van der Waals surface area contributed by atoms with Gasteiger partial charge < -0.3 is 9.72 Å². The summed E-state index contributed by atoms with van der Waals surface area (Å²) in [4.78, 5) is 37.4. The molecule has 23 heavy (non-hydrogen) atoms. The van der Waals surface area contributed by atoms with Crippen molar-refractivity contribution >= 4 is 12.6 Å². The number of aromatic nitrogens is 2. The van der Waals surface area contributed by atoms with Crippen LogP contribution in [-0.2, 0) is 0 Å². The number of pyridine rings is 2. The van der Waals surface area contributed by atoms with Gasteiger partial charge in [-0.2, -0.15) is 0 Å². The van der Waals surface area contributed by atoms with E-state index in [-0.39, 0.29) is 20.4 Å². The van der Waals surface area contributed by atoms with Crippen molar-refractivity contribution in [1.29, 1.82) is 0 Å². The molecule has 0 aliphatic rings. The molecule has 0 aliphatic carbocycles. The van der Waals surface area contributed by atoms with Crippen molar-refractivity contribution < 1.29 is 14.3 Å². The van der Waals surface area contributed by atoms with Gasteiger partial charge >= 0.3 is 0 Å². The van der Waals surface area contributed by atoms with E-state index in [0.717, 1.165) is 11.8 Å². The molecule has 126 valence electrons. The highest BCUT2D eigenvalue weighted by Gasteiger charge is 1.98. The number of aryl methyl sites for hydroxylation is 2. The Hall–Kier alpha value is -2.76. The van der Waals surface area contributed by atoms with Crippen LogP contribution < -0.4 is 10.3 Å². The molecule has 2 heterocycles. The van der Waals surface area contributed by atoms with Crippen LogP contribution in [0.3, 0.4) is 0 Å². The molecule has 0 unspecified atom stereocenters. The lowest BCUT2D eigenvalue weighted by Gasteiger charge is -2.00. The highest BCUT2D eigenvalue weighted by Crippen LogP contribution is 2.10. The van der Waals surface area contributed by atoms with Crippen molar-refractivity contribution in [3.8, 4) is 5.88 Å². The van der Waals surface area contributed by atoms with Crippen molar-refractivity contribution in [3.63, 3.8) is 0 Å². The third kappa shape index (κ3) is 6.69. The van der Waals surface area contributed by atoms with E-state index in [4.69, 9.17) is 4.74 Å². The Bertz CT molecular complexity index is 693. The quantitative estimate of drug-likeness (QED) is 0.878. The maximum atomic E-state index is 10.6. The van der Waals surface area contributed by atoms with Crippen molar-refractivity contribution in [1.82, 2.24) is 9.97 Å². The van der Waals surface area contributed by atoms with Gasteiger partial charge in [-0.05, 0) is 25.0 Å². The fourth-order valence-electron chi connectivity index (χ4n) is 1.49. The number of nitrogens with zero attached hydrogens (tertiary/aromatic N) is 1. The van der Waals surface area contributed by atoms with Crippen LogP contribution in [0.1, 0.15) is 46.7 Å². The maximum absolute atomic E-state index is 10.6. The number of ether oxygens (including phenoxy) is 1. The van der Waals surface area contributed by atoms with Crippen LogP contribution >= 0.6 is 0 Å². The molecule has 0 spiro atoms. The minimum Gasteiger partial charge on any atom is -0.481 e. The van der Waals surface area contributed by atoms with E-state index < -0.39 is 0 Å². The first kappa shape index (κ1) is 22.5. The minimum absolute atomic E-state index is 0. The number of aromatic amines is 1. The Kier molecular flexibility index (Phi) is 10.7. The second-order valence-corrected chi connectivity index (χ2v) is 4.25. The normalized spacial score (nSPS) is 8.48. The van der Waals surface area contributed by atoms with Crippen LogP contribution in [0.15, 0.2) is 29.3 Å². The summed E-state index contributed by atoms with van der Waals surface area (Å²) in [6.07, 6.45) is 4.40. The molecule has 2 aromatic rings. The van der Waals surface area contributed by atoms with Crippen molar-refractivity contribution in [2.75, 3.05) is 7.11 Å². The fraction of sp³-hybridized carbons (Fsp3) is 0.294. The van der Waals surface area contributed by atoms with Gasteiger partial charge in [0.1, 0.15) is 0 Å². The Morgan fingerprint density at radius 2 is 1.61 bits per heavy atom. The van der Waals surface area contributed by atoms with Gasteiger partial charge in [-0.25, -0.2) is 4.98 Å². The van der Waals surface area contributed by atoms with Crippen LogP contribution in [0.25, 0.3) is 0 Å². The summed E-state index contributed by atoms with van der Waals surface area (Å²) >= 11 is 0. The van der Waals surface area contributed by atoms with E-state index in [0.29, 0.717) is 28.9 Å². The highest BCUT2D eigenvalue weighted by molar-refractivity contribution is 5.76. The molecule has 2 rings (SSSR count). The maximum Gasteiger partial charge on any atom is 0.248 e. The first-order valence-electron chi connectivity index (χ1n) is 6.12. The molecule has 0 aromatic carbocycles. The van der Waals surface area contributed by atoms with Crippen LogP contribution in [0, 0.1) is 13.8 Å². The first-order valence-corrected chi connectivity index (χ1v) is 6.12. The average molecular weight is 320 g/mol. The molecule has 0 aliphatic heterocycles. The lowest BCUT2D eigenvalue weighted by Crippen LogP contribution is -2.05. The van der Waals surface area contributed by atoms with Crippen molar-refractivity contribution in [2.24, 2.45) is 0 Å². The second kappa shape index (κ2) is 10.9. The smallest absolute Gasteiger partial charge is 0.248 e. The van der Waals surface area contributed by atoms with Crippen LogP contribution in [-0.4, -0.2) is 29.7 Å². The van der Waals surface area contributed by atoms with Crippen LogP contribution in [0.5, 0.6) is 5.88 Å². The van der Waals surface area contributed by atoms with E-state index in [1.165, 1.54) is 18.5 Å². The number of H-pyrrole nitrogens is 1. The molecule has 0 saturated carbocycles. The van der Waals surface area contributed by atoms with Gasteiger partial charge in [0.2, 0.25) is 11.4 Å². The monoisotopic (exact) mass is 320 g/mol. The summed E-state index contributed by atoms with van der Waals surface area (Å²) in [6, 6.07) is 3.12. The van der Waals surface area contributed by atoms with Gasteiger partial charge in [-0.3, -0.25) is 14.4 Å². The van der Waals surface area contributed by atoms with E-state index in [9.17, 15) is 14.4 Å². The Morgan fingerprint density at radius 3 is 2.04 bits per heavy atom. The number of carbonyl (C=O) groups excluding carboxylic acids is 2. The molecule has 0 atom stereocenters. The standard InChI is InChI=1S/C8H9NO2.C7H7NO2.2CH4/c1-6-3-8(11-2)9-4-7(6)5-10;1-5-2-7(10)8-3-6(5)4-9;;/h3-5H,1-2H3;2-4H,1H3,(H,8,10);2*1H4. The van der Waals surface area contributed by atoms with Gasteiger partial charge in [0, 0.05) is 35.7 Å². The lowest BCUT2D eigenvalue weighted by molar-refractivity contribution is 0.111. The van der Waals surface area contributed by atoms with Gasteiger partial charge in [0.15, 0.2) is 12.6 Å². The number of hydrogen-bond donors (Lipinski definition) is 1. The first-order chi connectivity index (χ1) is 10.0. The van der Waals surface area contributed by atoms with Crippen molar-refractivity contribution in [3.05, 3.63) is 57.1 Å². The average Bonchev–Trinajstić information content (AvgIpc) is 2.48. The zero-order chi connectivity index (χ0) is 15.8. The molecule has 6 nitrogen and oxygen atoms in total. The largest absolute Gasteiger partial charge is 0.481 e. The summed E-state index contributed by atoms with van der Waals surface area (Å²) in [5, 5.41) is 0. The number of rotatable bonds is 3. The molecule has 2 aromatic heterocycles. The topological polar surface area (TPSA) is 89.1 Å². The van der Waals surface area contributed by atoms with Gasteiger partial charge in [-0.1, -0.05) is 14.9 Å². The number of nitrogens with one attached hydrogen (secondary N) is 1. The zero-order valence-corrected chi connectivity index (χ0v) is 12.0. The number of carbonyl (C=O) groups is 2. The summed E-state index contributed by atoms with van der Waals surface area (Å²) in [5.41, 5.74) is 2.54. The third-order valence-electron chi connectivity index (χ3n) is 2.76. The number of methoxy groups -OCH3 is 1. The van der Waals surface area contributed by atoms with E-state index >= 15 is 0 Å². The molecule has 0 bridgehead atoms. The molecule has 0 fully saturated rings. The second-order valence-electron chi connectivity index (χ2n) is 4.25. The summed E-state index contributed by atoms with van der Waals surface area (Å²) in [5.74, 6) is 0.535. The van der Waals surface area contributed by atoms with Crippen molar-refractivity contribution in [2.45, 2.75) is 28.7 Å². The van der Waals surface area contributed by atoms with Crippen LogP contribution in [0.2, 0.25) is 0 Å². The Labute approximate surface area is 136 Å². The highest BCUT2D eigenvalue weighted by atomic mass is 16.5. The molecular formula is C17H24N2O4. The molecule has 0 saturated heterocycles. The molecule has 1 N–H and O–H groups in total. The Morgan fingerprint density at radius 1 is 1.04 bits per heavy atom. The summed E-state index contributed by atoms with van der Waals surface area (Å²) < 4.78 is 4.87. The van der Waals surface area contributed by atoms with Gasteiger partial charge in [0.25, 0.3) is 0 Å². The SMILES string of the molecule is C.C.COc1cc(C)c(C=O)cn1.Cc1cc(=O)[nH]cc1C=O. The Balaban J connectivity index is 0. The molecular weight excluding hydrogens is 296 g/mol. The third-order valence-corrected chi connectivity index (χ3v) is 2.76.